The zero-order chi connectivity index (χ0) is 13.0. The first-order valence-corrected chi connectivity index (χ1v) is 7.17. The maximum Gasteiger partial charge on any atom is 0.303 e. The van der Waals surface area contributed by atoms with Crippen molar-refractivity contribution >= 4 is 5.97 Å². The number of aliphatic carboxylic acids is 1. The van der Waals surface area contributed by atoms with Crippen molar-refractivity contribution in [3.05, 3.63) is 0 Å². The first-order chi connectivity index (χ1) is 8.65. The molecule has 4 heteroatoms. The summed E-state index contributed by atoms with van der Waals surface area (Å²) in [6, 6.07) is 0. The van der Waals surface area contributed by atoms with Gasteiger partial charge in [0.25, 0.3) is 0 Å². The van der Waals surface area contributed by atoms with E-state index in [1.807, 2.05) is 0 Å². The van der Waals surface area contributed by atoms with Gasteiger partial charge in [-0.3, -0.25) is 4.79 Å². The summed E-state index contributed by atoms with van der Waals surface area (Å²) in [5.74, 6) is 0.879. The van der Waals surface area contributed by atoms with Crippen LogP contribution in [0.25, 0.3) is 0 Å². The van der Waals surface area contributed by atoms with E-state index in [9.17, 15) is 4.79 Å². The minimum absolute atomic E-state index is 0.296. The summed E-state index contributed by atoms with van der Waals surface area (Å²) < 4.78 is 5.42. The molecule has 2 heterocycles. The average molecular weight is 255 g/mol. The number of carboxylic acid groups (broad SMARTS) is 1. The van der Waals surface area contributed by atoms with Crippen LogP contribution >= 0.6 is 0 Å². The predicted octanol–water partition coefficient (Wildman–Crippen LogP) is 1.85. The summed E-state index contributed by atoms with van der Waals surface area (Å²) in [5.41, 5.74) is 0. The lowest BCUT2D eigenvalue weighted by Gasteiger charge is -2.36. The Kier molecular flexibility index (Phi) is 5.01. The summed E-state index contributed by atoms with van der Waals surface area (Å²) in [6.07, 6.45) is 3.89. The second-order valence-electron chi connectivity index (χ2n) is 5.97. The number of hydrogen-bond donors (Lipinski definition) is 1. The van der Waals surface area contributed by atoms with Crippen molar-refractivity contribution < 1.29 is 14.6 Å². The van der Waals surface area contributed by atoms with Gasteiger partial charge < -0.3 is 14.7 Å². The Morgan fingerprint density at radius 2 is 2.33 bits per heavy atom. The molecule has 0 aromatic carbocycles. The Morgan fingerprint density at radius 3 is 3.00 bits per heavy atom. The summed E-state index contributed by atoms with van der Waals surface area (Å²) in [4.78, 5) is 13.3. The Morgan fingerprint density at radius 1 is 1.50 bits per heavy atom. The Bertz CT molecular complexity index is 276. The Hall–Kier alpha value is -0.610. The quantitative estimate of drug-likeness (QED) is 0.814. The molecule has 0 amide bonds. The van der Waals surface area contributed by atoms with Gasteiger partial charge in [0.1, 0.15) is 0 Å². The second kappa shape index (κ2) is 6.53. The molecule has 0 spiro atoms. The van der Waals surface area contributed by atoms with Gasteiger partial charge in [-0.2, -0.15) is 0 Å². The molecule has 0 radical (unpaired) electrons. The zero-order valence-corrected chi connectivity index (χ0v) is 11.3. The third-order valence-electron chi connectivity index (χ3n) is 4.38. The van der Waals surface area contributed by atoms with E-state index in [2.05, 4.69) is 11.8 Å². The van der Waals surface area contributed by atoms with Crippen LogP contribution in [0.15, 0.2) is 0 Å². The highest BCUT2D eigenvalue weighted by Gasteiger charge is 2.28. The highest BCUT2D eigenvalue weighted by atomic mass is 16.5. The smallest absolute Gasteiger partial charge is 0.303 e. The van der Waals surface area contributed by atoms with Gasteiger partial charge in [0, 0.05) is 26.1 Å². The van der Waals surface area contributed by atoms with Crippen LogP contribution in [0, 0.1) is 17.8 Å². The largest absolute Gasteiger partial charge is 0.481 e. The first-order valence-electron chi connectivity index (χ1n) is 7.17. The van der Waals surface area contributed by atoms with Crippen LogP contribution in [0.3, 0.4) is 0 Å². The van der Waals surface area contributed by atoms with E-state index in [1.54, 1.807) is 0 Å². The molecule has 18 heavy (non-hydrogen) atoms. The molecular weight excluding hydrogens is 230 g/mol. The summed E-state index contributed by atoms with van der Waals surface area (Å²) in [6.45, 7) is 7.29. The number of nitrogens with zero attached hydrogens (tertiary/aromatic N) is 1. The van der Waals surface area contributed by atoms with E-state index in [4.69, 9.17) is 9.84 Å². The number of carboxylic acids is 1. The third-order valence-corrected chi connectivity index (χ3v) is 4.38. The normalized spacial score (nSPS) is 31.4. The van der Waals surface area contributed by atoms with Gasteiger partial charge in [0.05, 0.1) is 6.61 Å². The van der Waals surface area contributed by atoms with Crippen molar-refractivity contribution in [3.63, 3.8) is 0 Å². The maximum atomic E-state index is 10.8. The highest BCUT2D eigenvalue weighted by Crippen LogP contribution is 2.27. The van der Waals surface area contributed by atoms with Crippen molar-refractivity contribution in [2.75, 3.05) is 32.8 Å². The predicted molar refractivity (Wildman–Crippen MR) is 69.5 cm³/mol. The Labute approximate surface area is 109 Å². The molecule has 2 aliphatic heterocycles. The van der Waals surface area contributed by atoms with Gasteiger partial charge in [-0.1, -0.05) is 6.92 Å². The fraction of sp³-hybridized carbons (Fsp3) is 0.929. The molecule has 4 nitrogen and oxygen atoms in total. The van der Waals surface area contributed by atoms with Crippen LogP contribution in [0.4, 0.5) is 0 Å². The van der Waals surface area contributed by atoms with Gasteiger partial charge in [-0.05, 0) is 43.6 Å². The molecule has 0 aromatic heterocycles. The van der Waals surface area contributed by atoms with Crippen LogP contribution in [0.2, 0.25) is 0 Å². The molecule has 1 N–H and O–H groups in total. The van der Waals surface area contributed by atoms with Crippen molar-refractivity contribution in [1.29, 1.82) is 0 Å². The molecule has 2 rings (SSSR count). The summed E-state index contributed by atoms with van der Waals surface area (Å²) >= 11 is 0. The molecule has 0 bridgehead atoms. The SMILES string of the molecule is CC(CC(=O)O)C1CCCN(CC2CCOC2)C1. The van der Waals surface area contributed by atoms with E-state index >= 15 is 0 Å². The van der Waals surface area contributed by atoms with E-state index in [0.29, 0.717) is 24.2 Å². The number of ether oxygens (including phenoxy) is 1. The molecular formula is C14H25NO3. The van der Waals surface area contributed by atoms with Gasteiger partial charge in [-0.15, -0.1) is 0 Å². The van der Waals surface area contributed by atoms with Crippen molar-refractivity contribution in [2.24, 2.45) is 17.8 Å². The van der Waals surface area contributed by atoms with E-state index in [-0.39, 0.29) is 0 Å². The topological polar surface area (TPSA) is 49.8 Å². The Balaban J connectivity index is 1.78. The van der Waals surface area contributed by atoms with E-state index in [1.165, 1.54) is 25.8 Å². The maximum absolute atomic E-state index is 10.8. The molecule has 0 saturated carbocycles. The van der Waals surface area contributed by atoms with Crippen molar-refractivity contribution in [2.45, 2.75) is 32.6 Å². The fourth-order valence-electron chi connectivity index (χ4n) is 3.26. The monoisotopic (exact) mass is 255 g/mol. The van der Waals surface area contributed by atoms with Crippen LogP contribution < -0.4 is 0 Å². The van der Waals surface area contributed by atoms with Gasteiger partial charge in [0.2, 0.25) is 0 Å². The third kappa shape index (κ3) is 3.95. The zero-order valence-electron chi connectivity index (χ0n) is 11.3. The second-order valence-corrected chi connectivity index (χ2v) is 5.97. The molecule has 0 aromatic rings. The summed E-state index contributed by atoms with van der Waals surface area (Å²) in [5, 5.41) is 8.88. The fourth-order valence-corrected chi connectivity index (χ4v) is 3.26. The van der Waals surface area contributed by atoms with Gasteiger partial charge >= 0.3 is 5.97 Å². The summed E-state index contributed by atoms with van der Waals surface area (Å²) in [7, 11) is 0. The van der Waals surface area contributed by atoms with Crippen LogP contribution in [-0.4, -0.2) is 48.8 Å². The van der Waals surface area contributed by atoms with Crippen LogP contribution in [-0.2, 0) is 9.53 Å². The van der Waals surface area contributed by atoms with Gasteiger partial charge in [0.15, 0.2) is 0 Å². The molecule has 104 valence electrons. The van der Waals surface area contributed by atoms with Crippen LogP contribution in [0.1, 0.15) is 32.6 Å². The molecule has 2 saturated heterocycles. The lowest BCUT2D eigenvalue weighted by atomic mass is 9.84. The lowest BCUT2D eigenvalue weighted by Crippen LogP contribution is -2.40. The number of likely N-dealkylation sites (tertiary alicyclic amines) is 1. The molecule has 3 unspecified atom stereocenters. The number of rotatable bonds is 5. The molecule has 0 aliphatic carbocycles. The standard InChI is InChI=1S/C14H25NO3/c1-11(7-14(16)17)13-3-2-5-15(9-13)8-12-4-6-18-10-12/h11-13H,2-10H2,1H3,(H,16,17). The lowest BCUT2D eigenvalue weighted by molar-refractivity contribution is -0.138. The number of piperidine rings is 1. The van der Waals surface area contributed by atoms with Crippen molar-refractivity contribution in [1.82, 2.24) is 4.90 Å². The molecule has 3 atom stereocenters. The first kappa shape index (κ1) is 13.8. The molecule has 2 aliphatic rings. The van der Waals surface area contributed by atoms with E-state index in [0.717, 1.165) is 26.3 Å². The van der Waals surface area contributed by atoms with E-state index < -0.39 is 5.97 Å². The van der Waals surface area contributed by atoms with Gasteiger partial charge in [-0.25, -0.2) is 0 Å². The van der Waals surface area contributed by atoms with Crippen molar-refractivity contribution in [3.8, 4) is 0 Å². The number of carbonyl (C=O) groups is 1. The minimum atomic E-state index is -0.663. The average Bonchev–Trinajstić information content (AvgIpc) is 2.81. The molecule has 2 fully saturated rings. The minimum Gasteiger partial charge on any atom is -0.481 e. The number of hydrogen-bond acceptors (Lipinski definition) is 3. The highest BCUT2D eigenvalue weighted by molar-refractivity contribution is 5.66. The van der Waals surface area contributed by atoms with Crippen LogP contribution in [0.5, 0.6) is 0 Å².